The molecule has 4 heteroatoms. The van der Waals surface area contributed by atoms with Gasteiger partial charge in [-0.25, -0.2) is 4.98 Å². The lowest BCUT2D eigenvalue weighted by Gasteiger charge is -2.13. The van der Waals surface area contributed by atoms with Gasteiger partial charge in [-0.05, 0) is 29.8 Å². The zero-order chi connectivity index (χ0) is 12.1. The van der Waals surface area contributed by atoms with Crippen LogP contribution in [-0.4, -0.2) is 16.3 Å². The van der Waals surface area contributed by atoms with Crippen LogP contribution in [0.25, 0.3) is 0 Å². The molecule has 0 aliphatic rings. The summed E-state index contributed by atoms with van der Waals surface area (Å²) in [6, 6.07) is 12.9. The van der Waals surface area contributed by atoms with E-state index in [0.29, 0.717) is 17.3 Å². The number of halogens is 1. The summed E-state index contributed by atoms with van der Waals surface area (Å²) >= 11 is 5.79. The van der Waals surface area contributed by atoms with Crippen molar-refractivity contribution >= 4 is 17.4 Å². The van der Waals surface area contributed by atoms with Crippen LogP contribution in [0.3, 0.4) is 0 Å². The third-order valence-electron chi connectivity index (χ3n) is 2.32. The Morgan fingerprint density at radius 2 is 1.94 bits per heavy atom. The molecule has 88 valence electrons. The van der Waals surface area contributed by atoms with Gasteiger partial charge in [-0.15, -0.1) is 0 Å². The molecule has 1 heterocycles. The number of hydrogen-bond donors (Lipinski definition) is 2. The van der Waals surface area contributed by atoms with Gasteiger partial charge in [0.15, 0.2) is 0 Å². The molecule has 0 bridgehead atoms. The van der Waals surface area contributed by atoms with Crippen molar-refractivity contribution < 1.29 is 5.11 Å². The smallest absolute Gasteiger partial charge is 0.129 e. The molecule has 0 amide bonds. The van der Waals surface area contributed by atoms with Crippen LogP contribution in [0.5, 0.6) is 0 Å². The Bertz CT molecular complexity index is 459. The fraction of sp³-hybridized carbons (Fsp3) is 0.154. The number of nitrogens with one attached hydrogen (secondary N) is 1. The van der Waals surface area contributed by atoms with E-state index >= 15 is 0 Å². The summed E-state index contributed by atoms with van der Waals surface area (Å²) in [6.45, 7) is 0. The van der Waals surface area contributed by atoms with Gasteiger partial charge in [-0.3, -0.25) is 0 Å². The summed E-state index contributed by atoms with van der Waals surface area (Å²) in [7, 11) is 0. The Morgan fingerprint density at radius 3 is 2.59 bits per heavy atom. The molecule has 0 fully saturated rings. The van der Waals surface area contributed by atoms with Gasteiger partial charge in [-0.1, -0.05) is 29.8 Å². The first-order valence-corrected chi connectivity index (χ1v) is 5.72. The second kappa shape index (κ2) is 5.66. The highest BCUT2D eigenvalue weighted by atomic mass is 35.5. The molecule has 17 heavy (non-hydrogen) atoms. The quantitative estimate of drug-likeness (QED) is 0.818. The van der Waals surface area contributed by atoms with Gasteiger partial charge < -0.3 is 10.4 Å². The summed E-state index contributed by atoms with van der Waals surface area (Å²) in [6.07, 6.45) is 1.52. The van der Waals surface area contributed by atoms with E-state index in [0.717, 1.165) is 5.56 Å². The van der Waals surface area contributed by atoms with Crippen molar-refractivity contribution in [1.82, 2.24) is 4.98 Å². The van der Waals surface area contributed by atoms with Gasteiger partial charge in [-0.2, -0.15) is 0 Å². The standard InChI is InChI=1S/C13H13ClN2O/c14-11-6-4-10(5-7-11)9-13(17)16-12-3-1-2-8-15-12/h1-8,13,17H,9H2,(H,15,16). The number of rotatable bonds is 4. The summed E-state index contributed by atoms with van der Waals surface area (Å²) in [4.78, 5) is 4.08. The third-order valence-corrected chi connectivity index (χ3v) is 2.57. The van der Waals surface area contributed by atoms with E-state index in [-0.39, 0.29) is 0 Å². The fourth-order valence-corrected chi connectivity index (χ4v) is 1.64. The summed E-state index contributed by atoms with van der Waals surface area (Å²) in [5.74, 6) is 0.661. The number of aliphatic hydroxyl groups excluding tert-OH is 1. The molecule has 0 saturated carbocycles. The molecule has 1 aromatic heterocycles. The second-order valence-electron chi connectivity index (χ2n) is 3.71. The van der Waals surface area contributed by atoms with Crippen molar-refractivity contribution in [2.75, 3.05) is 5.32 Å². The van der Waals surface area contributed by atoms with Crippen molar-refractivity contribution in [2.45, 2.75) is 12.6 Å². The van der Waals surface area contributed by atoms with Crippen LogP contribution >= 0.6 is 11.6 Å². The molecule has 0 radical (unpaired) electrons. The molecule has 0 aliphatic carbocycles. The van der Waals surface area contributed by atoms with Crippen LogP contribution in [0.4, 0.5) is 5.82 Å². The second-order valence-corrected chi connectivity index (χ2v) is 4.14. The maximum Gasteiger partial charge on any atom is 0.129 e. The Balaban J connectivity index is 1.93. The molecule has 2 N–H and O–H groups in total. The highest BCUT2D eigenvalue weighted by Crippen LogP contribution is 2.12. The summed E-state index contributed by atoms with van der Waals surface area (Å²) in [5.41, 5.74) is 1.02. The minimum absolute atomic E-state index is 0.508. The Kier molecular flexibility index (Phi) is 3.96. The first-order valence-electron chi connectivity index (χ1n) is 5.34. The molecule has 1 unspecified atom stereocenters. The zero-order valence-corrected chi connectivity index (χ0v) is 9.93. The van der Waals surface area contributed by atoms with E-state index in [2.05, 4.69) is 10.3 Å². The Hall–Kier alpha value is -1.58. The molecule has 3 nitrogen and oxygen atoms in total. The van der Waals surface area contributed by atoms with E-state index in [4.69, 9.17) is 11.6 Å². The van der Waals surface area contributed by atoms with Gasteiger partial charge in [0, 0.05) is 17.6 Å². The van der Waals surface area contributed by atoms with E-state index in [1.165, 1.54) is 0 Å². The number of hydrogen-bond acceptors (Lipinski definition) is 3. The molecule has 1 aromatic carbocycles. The maximum absolute atomic E-state index is 9.84. The van der Waals surface area contributed by atoms with E-state index < -0.39 is 6.23 Å². The highest BCUT2D eigenvalue weighted by Gasteiger charge is 2.05. The van der Waals surface area contributed by atoms with E-state index in [1.807, 2.05) is 42.5 Å². The van der Waals surface area contributed by atoms with Crippen LogP contribution in [0, 0.1) is 0 Å². The first kappa shape index (κ1) is 11.9. The summed E-state index contributed by atoms with van der Waals surface area (Å²) in [5, 5.41) is 13.5. The van der Waals surface area contributed by atoms with Crippen LogP contribution in [-0.2, 0) is 6.42 Å². The molecular formula is C13H13ClN2O. The lowest BCUT2D eigenvalue weighted by molar-refractivity contribution is 0.203. The highest BCUT2D eigenvalue weighted by molar-refractivity contribution is 6.30. The molecule has 1 atom stereocenters. The van der Waals surface area contributed by atoms with Crippen LogP contribution < -0.4 is 5.32 Å². The minimum atomic E-state index is -0.661. The lowest BCUT2D eigenvalue weighted by Crippen LogP contribution is -2.21. The first-order chi connectivity index (χ1) is 8.24. The Morgan fingerprint density at radius 1 is 1.18 bits per heavy atom. The van der Waals surface area contributed by atoms with Crippen molar-refractivity contribution in [3.8, 4) is 0 Å². The number of pyridine rings is 1. The maximum atomic E-state index is 9.84. The van der Waals surface area contributed by atoms with Crippen LogP contribution in [0.1, 0.15) is 5.56 Å². The zero-order valence-electron chi connectivity index (χ0n) is 9.18. The SMILES string of the molecule is OC(Cc1ccc(Cl)cc1)Nc1ccccn1. The number of nitrogens with zero attached hydrogens (tertiary/aromatic N) is 1. The number of aliphatic hydroxyl groups is 1. The van der Waals surface area contributed by atoms with Crippen molar-refractivity contribution in [2.24, 2.45) is 0 Å². The topological polar surface area (TPSA) is 45.1 Å². The van der Waals surface area contributed by atoms with Gasteiger partial charge >= 0.3 is 0 Å². The Labute approximate surface area is 105 Å². The lowest BCUT2D eigenvalue weighted by atomic mass is 10.1. The van der Waals surface area contributed by atoms with E-state index in [9.17, 15) is 5.11 Å². The van der Waals surface area contributed by atoms with Gasteiger partial charge in [0.25, 0.3) is 0 Å². The molecule has 0 saturated heterocycles. The van der Waals surface area contributed by atoms with Crippen molar-refractivity contribution in [1.29, 1.82) is 0 Å². The molecule has 0 aliphatic heterocycles. The van der Waals surface area contributed by atoms with Crippen LogP contribution in [0.15, 0.2) is 48.7 Å². The van der Waals surface area contributed by atoms with Gasteiger partial charge in [0.2, 0.25) is 0 Å². The average molecular weight is 249 g/mol. The summed E-state index contributed by atoms with van der Waals surface area (Å²) < 4.78 is 0. The van der Waals surface area contributed by atoms with Crippen LogP contribution in [0.2, 0.25) is 5.02 Å². The van der Waals surface area contributed by atoms with Crippen molar-refractivity contribution in [3.05, 3.63) is 59.2 Å². The fourth-order valence-electron chi connectivity index (χ4n) is 1.51. The predicted octanol–water partition coefficient (Wildman–Crippen LogP) is 2.71. The number of aromatic nitrogens is 1. The van der Waals surface area contributed by atoms with Gasteiger partial charge in [0.05, 0.1) is 0 Å². The molecular weight excluding hydrogens is 236 g/mol. The predicted molar refractivity (Wildman–Crippen MR) is 69.0 cm³/mol. The number of benzene rings is 1. The normalized spacial score (nSPS) is 12.1. The number of anilines is 1. The molecule has 2 aromatic rings. The average Bonchev–Trinajstić information content (AvgIpc) is 2.33. The largest absolute Gasteiger partial charge is 0.373 e. The third kappa shape index (κ3) is 3.73. The van der Waals surface area contributed by atoms with Crippen molar-refractivity contribution in [3.63, 3.8) is 0 Å². The van der Waals surface area contributed by atoms with E-state index in [1.54, 1.807) is 6.20 Å². The molecule has 0 spiro atoms. The van der Waals surface area contributed by atoms with Gasteiger partial charge in [0.1, 0.15) is 12.0 Å². The molecule has 2 rings (SSSR count). The monoisotopic (exact) mass is 248 g/mol. The minimum Gasteiger partial charge on any atom is -0.373 e.